The van der Waals surface area contributed by atoms with Crippen molar-refractivity contribution >= 4 is 33.2 Å². The largest absolute Gasteiger partial charge is 0.382 e. The molecule has 0 spiro atoms. The Hall–Kier alpha value is -2.45. The molecule has 27 heavy (non-hydrogen) atoms. The number of benzene rings is 1. The zero-order valence-corrected chi connectivity index (χ0v) is 16.3. The van der Waals surface area contributed by atoms with Gasteiger partial charge in [0.25, 0.3) is 0 Å². The number of fused-ring (bicyclic) bond motifs is 1. The van der Waals surface area contributed by atoms with Gasteiger partial charge in [-0.1, -0.05) is 12.1 Å². The number of nitrogens with two attached hydrogens (primary N) is 1. The van der Waals surface area contributed by atoms with Gasteiger partial charge >= 0.3 is 0 Å². The van der Waals surface area contributed by atoms with Crippen LogP contribution in [-0.4, -0.2) is 40.3 Å². The van der Waals surface area contributed by atoms with E-state index in [0.717, 1.165) is 59.8 Å². The third-order valence-corrected chi connectivity index (χ3v) is 5.21. The molecule has 0 radical (unpaired) electrons. The van der Waals surface area contributed by atoms with Crippen molar-refractivity contribution in [2.45, 2.75) is 12.8 Å². The van der Waals surface area contributed by atoms with Crippen molar-refractivity contribution in [3.63, 3.8) is 0 Å². The molecule has 4 rings (SSSR count). The van der Waals surface area contributed by atoms with Crippen LogP contribution in [0.3, 0.4) is 0 Å². The van der Waals surface area contributed by atoms with Crippen LogP contribution in [0.2, 0.25) is 0 Å². The zero-order valence-electron chi connectivity index (χ0n) is 14.7. The fraction of sp³-hybridized carbons (Fsp3) is 0.316. The Morgan fingerprint density at radius 3 is 2.74 bits per heavy atom. The molecular weight excluding hydrogens is 410 g/mol. The van der Waals surface area contributed by atoms with Gasteiger partial charge in [-0.3, -0.25) is 4.79 Å². The fourth-order valence-electron chi connectivity index (χ4n) is 3.28. The van der Waals surface area contributed by atoms with Crippen LogP contribution < -0.4 is 11.1 Å². The Kier molecular flexibility index (Phi) is 5.09. The smallest absolute Gasteiger partial charge is 0.248 e. The van der Waals surface area contributed by atoms with Crippen molar-refractivity contribution in [1.82, 2.24) is 14.6 Å². The molecule has 0 atom stereocenters. The number of hydrogen-bond donors (Lipinski definition) is 2. The highest BCUT2D eigenvalue weighted by atomic mass is 79.9. The lowest BCUT2D eigenvalue weighted by atomic mass is 10.0. The molecule has 3 aromatic rings. The van der Waals surface area contributed by atoms with E-state index in [1.54, 1.807) is 22.8 Å². The van der Waals surface area contributed by atoms with E-state index in [-0.39, 0.29) is 0 Å². The number of imidazole rings is 1. The quantitative estimate of drug-likeness (QED) is 0.649. The minimum Gasteiger partial charge on any atom is -0.382 e. The predicted octanol–water partition coefficient (Wildman–Crippen LogP) is 3.10. The Bertz CT molecular complexity index is 964. The number of amides is 1. The number of carbonyl (C=O) groups excluding carboxylic acids is 1. The minimum atomic E-state index is -0.444. The van der Waals surface area contributed by atoms with Crippen molar-refractivity contribution in [3.8, 4) is 11.3 Å². The van der Waals surface area contributed by atoms with Crippen LogP contribution in [0.4, 0.5) is 5.69 Å². The van der Waals surface area contributed by atoms with Crippen molar-refractivity contribution in [2.75, 3.05) is 25.1 Å². The molecule has 1 aliphatic rings. The lowest BCUT2D eigenvalue weighted by Crippen LogP contribution is -2.22. The SMILES string of the molecule is NC(=O)c1ccc(-c2cnc3c(NCC4CCOCC4)cc(Br)nn23)cc1. The second kappa shape index (κ2) is 7.66. The summed E-state index contributed by atoms with van der Waals surface area (Å²) in [5.74, 6) is 0.154. The number of hydrogen-bond acceptors (Lipinski definition) is 5. The molecule has 0 bridgehead atoms. The number of ether oxygens (including phenoxy) is 1. The number of carbonyl (C=O) groups is 1. The number of nitrogens with one attached hydrogen (secondary N) is 1. The molecule has 1 aliphatic heterocycles. The third-order valence-electron chi connectivity index (χ3n) is 4.83. The van der Waals surface area contributed by atoms with Crippen LogP contribution in [-0.2, 0) is 4.74 Å². The van der Waals surface area contributed by atoms with Crippen molar-refractivity contribution in [1.29, 1.82) is 0 Å². The lowest BCUT2D eigenvalue weighted by molar-refractivity contribution is 0.0699. The fourth-order valence-corrected chi connectivity index (χ4v) is 3.66. The molecule has 1 saturated heterocycles. The van der Waals surface area contributed by atoms with E-state index < -0.39 is 5.91 Å². The summed E-state index contributed by atoms with van der Waals surface area (Å²) in [5.41, 5.74) is 9.24. The van der Waals surface area contributed by atoms with E-state index in [2.05, 4.69) is 31.3 Å². The Labute approximate surface area is 165 Å². The zero-order chi connectivity index (χ0) is 18.8. The van der Waals surface area contributed by atoms with E-state index in [4.69, 9.17) is 10.5 Å². The Morgan fingerprint density at radius 1 is 1.30 bits per heavy atom. The summed E-state index contributed by atoms with van der Waals surface area (Å²) in [5, 5.41) is 8.06. The van der Waals surface area contributed by atoms with E-state index in [9.17, 15) is 4.79 Å². The van der Waals surface area contributed by atoms with Gasteiger partial charge < -0.3 is 15.8 Å². The maximum absolute atomic E-state index is 11.3. The van der Waals surface area contributed by atoms with Crippen LogP contribution in [0.25, 0.3) is 16.9 Å². The van der Waals surface area contributed by atoms with E-state index >= 15 is 0 Å². The topological polar surface area (TPSA) is 94.5 Å². The van der Waals surface area contributed by atoms with E-state index in [1.807, 2.05) is 18.2 Å². The molecule has 2 aromatic heterocycles. The van der Waals surface area contributed by atoms with Gasteiger partial charge in [0.15, 0.2) is 5.65 Å². The van der Waals surface area contributed by atoms with Gasteiger partial charge in [0.2, 0.25) is 5.91 Å². The van der Waals surface area contributed by atoms with Crippen LogP contribution in [0.15, 0.2) is 41.1 Å². The molecule has 1 amide bonds. The number of aromatic nitrogens is 3. The molecule has 140 valence electrons. The first-order valence-electron chi connectivity index (χ1n) is 8.88. The summed E-state index contributed by atoms with van der Waals surface area (Å²) in [6.07, 6.45) is 3.93. The molecule has 3 N–H and O–H groups in total. The molecule has 3 heterocycles. The van der Waals surface area contributed by atoms with Crippen molar-refractivity contribution in [3.05, 3.63) is 46.7 Å². The highest BCUT2D eigenvalue weighted by molar-refractivity contribution is 9.10. The average molecular weight is 430 g/mol. The highest BCUT2D eigenvalue weighted by Crippen LogP contribution is 2.27. The number of halogens is 1. The van der Waals surface area contributed by atoms with Crippen molar-refractivity contribution in [2.24, 2.45) is 11.7 Å². The molecule has 1 aromatic carbocycles. The molecule has 0 saturated carbocycles. The number of anilines is 1. The second-order valence-electron chi connectivity index (χ2n) is 6.64. The van der Waals surface area contributed by atoms with Crippen LogP contribution in [0.1, 0.15) is 23.2 Å². The first kappa shape index (κ1) is 17.9. The molecule has 0 aliphatic carbocycles. The number of rotatable bonds is 5. The maximum atomic E-state index is 11.3. The molecule has 1 fully saturated rings. The van der Waals surface area contributed by atoms with Crippen LogP contribution >= 0.6 is 15.9 Å². The molecule has 7 nitrogen and oxygen atoms in total. The summed E-state index contributed by atoms with van der Waals surface area (Å²) in [4.78, 5) is 15.8. The third kappa shape index (κ3) is 3.81. The minimum absolute atomic E-state index is 0.444. The van der Waals surface area contributed by atoms with Gasteiger partial charge in [-0.15, -0.1) is 0 Å². The summed E-state index contributed by atoms with van der Waals surface area (Å²) >= 11 is 3.49. The molecule has 8 heteroatoms. The van der Waals surface area contributed by atoms with Gasteiger partial charge in [-0.05, 0) is 52.9 Å². The first-order valence-corrected chi connectivity index (χ1v) is 9.67. The number of primary amides is 1. The Morgan fingerprint density at radius 2 is 2.04 bits per heavy atom. The van der Waals surface area contributed by atoms with Crippen LogP contribution in [0, 0.1) is 5.92 Å². The van der Waals surface area contributed by atoms with Gasteiger partial charge in [-0.2, -0.15) is 5.10 Å². The average Bonchev–Trinajstić information content (AvgIpc) is 3.10. The summed E-state index contributed by atoms with van der Waals surface area (Å²) < 4.78 is 7.95. The van der Waals surface area contributed by atoms with Gasteiger partial charge in [0.05, 0.1) is 17.6 Å². The summed E-state index contributed by atoms with van der Waals surface area (Å²) in [6, 6.07) is 9.06. The van der Waals surface area contributed by atoms with Crippen molar-refractivity contribution < 1.29 is 9.53 Å². The lowest BCUT2D eigenvalue weighted by Gasteiger charge is -2.22. The normalized spacial score (nSPS) is 15.1. The monoisotopic (exact) mass is 429 g/mol. The highest BCUT2D eigenvalue weighted by Gasteiger charge is 2.16. The number of nitrogens with zero attached hydrogens (tertiary/aromatic N) is 3. The summed E-state index contributed by atoms with van der Waals surface area (Å²) in [6.45, 7) is 2.54. The van der Waals surface area contributed by atoms with E-state index in [0.29, 0.717) is 11.5 Å². The second-order valence-corrected chi connectivity index (χ2v) is 7.45. The first-order chi connectivity index (χ1) is 13.1. The van der Waals surface area contributed by atoms with Gasteiger partial charge in [0.1, 0.15) is 4.60 Å². The van der Waals surface area contributed by atoms with Crippen LogP contribution in [0.5, 0.6) is 0 Å². The van der Waals surface area contributed by atoms with Gasteiger partial charge in [0, 0.05) is 30.9 Å². The Balaban J connectivity index is 1.64. The predicted molar refractivity (Wildman–Crippen MR) is 107 cm³/mol. The molecular formula is C19H20BrN5O2. The van der Waals surface area contributed by atoms with Gasteiger partial charge in [-0.25, -0.2) is 9.50 Å². The summed E-state index contributed by atoms with van der Waals surface area (Å²) in [7, 11) is 0. The maximum Gasteiger partial charge on any atom is 0.248 e. The molecule has 0 unspecified atom stereocenters. The standard InChI is InChI=1S/C19H20BrN5O2/c20-17-9-15(22-10-12-5-7-27-8-6-12)19-23-11-16(25(19)24-17)13-1-3-14(4-2-13)18(21)26/h1-4,9,11-12,22H,5-8,10H2,(H2,21,26). The van der Waals surface area contributed by atoms with E-state index in [1.165, 1.54) is 0 Å².